The molecule has 0 aliphatic carbocycles. The molecule has 0 saturated carbocycles. The van der Waals surface area contributed by atoms with Gasteiger partial charge < -0.3 is 19.5 Å². The first kappa shape index (κ1) is 14.4. The van der Waals surface area contributed by atoms with Crippen LogP contribution in [0.4, 0.5) is 10.5 Å². The summed E-state index contributed by atoms with van der Waals surface area (Å²) >= 11 is 0. The summed E-state index contributed by atoms with van der Waals surface area (Å²) < 4.78 is 7.25. The number of hydrogen-bond donors (Lipinski definition) is 1. The monoisotopic (exact) mass is 300 g/mol. The van der Waals surface area contributed by atoms with Crippen molar-refractivity contribution in [1.82, 2.24) is 14.5 Å². The van der Waals surface area contributed by atoms with Crippen LogP contribution in [0.5, 0.6) is 5.88 Å². The highest BCUT2D eigenvalue weighted by Gasteiger charge is 2.31. The fraction of sp³-hybridized carbons (Fsp3) is 0.375. The van der Waals surface area contributed by atoms with E-state index in [0.29, 0.717) is 11.6 Å². The third-order valence-corrected chi connectivity index (χ3v) is 4.05. The van der Waals surface area contributed by atoms with Crippen LogP contribution < -0.4 is 10.1 Å². The molecular formula is C16H20N4O2. The first-order valence-corrected chi connectivity index (χ1v) is 7.38. The number of methoxy groups -OCH3 is 1. The number of rotatable bonds is 3. The van der Waals surface area contributed by atoms with Gasteiger partial charge in [0.25, 0.3) is 0 Å². The molecule has 1 saturated heterocycles. The van der Waals surface area contributed by atoms with Gasteiger partial charge in [-0.25, -0.2) is 9.78 Å². The van der Waals surface area contributed by atoms with E-state index in [4.69, 9.17) is 4.74 Å². The van der Waals surface area contributed by atoms with Crippen LogP contribution >= 0.6 is 0 Å². The molecule has 1 fully saturated rings. The lowest BCUT2D eigenvalue weighted by atomic mass is 10.1. The molecule has 1 N–H and O–H groups in total. The number of likely N-dealkylation sites (tertiary alicyclic amines) is 1. The smallest absolute Gasteiger partial charge is 0.322 e. The normalized spacial score (nSPS) is 17.5. The fourth-order valence-electron chi connectivity index (χ4n) is 2.97. The van der Waals surface area contributed by atoms with Crippen molar-refractivity contribution >= 4 is 11.7 Å². The predicted octanol–water partition coefficient (Wildman–Crippen LogP) is 2.80. The molecule has 116 valence electrons. The number of anilines is 1. The Morgan fingerprint density at radius 1 is 1.41 bits per heavy atom. The number of hydrogen-bond acceptors (Lipinski definition) is 3. The molecule has 0 radical (unpaired) electrons. The summed E-state index contributed by atoms with van der Waals surface area (Å²) in [6, 6.07) is 7.64. The van der Waals surface area contributed by atoms with E-state index in [0.717, 1.165) is 25.1 Å². The largest absolute Gasteiger partial charge is 0.480 e. The summed E-state index contributed by atoms with van der Waals surface area (Å²) in [5.41, 5.74) is 1.75. The Morgan fingerprint density at radius 2 is 2.27 bits per heavy atom. The first-order chi connectivity index (χ1) is 10.7. The molecule has 2 aromatic rings. The lowest BCUT2D eigenvalue weighted by molar-refractivity contribution is 0.205. The summed E-state index contributed by atoms with van der Waals surface area (Å²) in [4.78, 5) is 18.6. The third-order valence-electron chi connectivity index (χ3n) is 4.05. The molecule has 0 bridgehead atoms. The van der Waals surface area contributed by atoms with Crippen molar-refractivity contribution in [1.29, 1.82) is 0 Å². The molecule has 0 aromatic carbocycles. The fourth-order valence-corrected chi connectivity index (χ4v) is 2.97. The highest BCUT2D eigenvalue weighted by molar-refractivity contribution is 5.91. The van der Waals surface area contributed by atoms with Gasteiger partial charge in [0.1, 0.15) is 5.69 Å². The molecule has 6 nitrogen and oxygen atoms in total. The molecule has 6 heteroatoms. The zero-order valence-corrected chi connectivity index (χ0v) is 12.8. The number of pyridine rings is 1. The van der Waals surface area contributed by atoms with Gasteiger partial charge >= 0.3 is 6.03 Å². The molecule has 0 spiro atoms. The Balaban J connectivity index is 1.78. The Labute approximate surface area is 129 Å². The van der Waals surface area contributed by atoms with Crippen LogP contribution in [-0.4, -0.2) is 34.1 Å². The number of nitrogens with one attached hydrogen (secondary N) is 1. The van der Waals surface area contributed by atoms with Crippen molar-refractivity contribution in [2.45, 2.75) is 18.9 Å². The van der Waals surface area contributed by atoms with Gasteiger partial charge in [0.05, 0.1) is 13.2 Å². The van der Waals surface area contributed by atoms with Crippen LogP contribution in [0.15, 0.2) is 36.7 Å². The molecule has 1 unspecified atom stereocenters. The standard InChI is InChI=1S/C16H20N4O2/c1-19-10-4-7-13(19)14-8-5-11-20(14)16(21)18-12-6-3-9-17-15(12)22-2/h3-4,6-7,9-10,14H,5,8,11H2,1-2H3,(H,18,21). The zero-order valence-electron chi connectivity index (χ0n) is 12.8. The Hall–Kier alpha value is -2.50. The summed E-state index contributed by atoms with van der Waals surface area (Å²) in [7, 11) is 3.55. The molecule has 22 heavy (non-hydrogen) atoms. The van der Waals surface area contributed by atoms with Gasteiger partial charge in [-0.15, -0.1) is 0 Å². The second-order valence-corrected chi connectivity index (χ2v) is 5.39. The maximum atomic E-state index is 12.6. The topological polar surface area (TPSA) is 59.4 Å². The van der Waals surface area contributed by atoms with Crippen LogP contribution in [0.2, 0.25) is 0 Å². The van der Waals surface area contributed by atoms with Gasteiger partial charge in [-0.05, 0) is 37.1 Å². The average molecular weight is 300 g/mol. The molecule has 3 heterocycles. The summed E-state index contributed by atoms with van der Waals surface area (Å²) in [6.07, 6.45) is 5.63. The third kappa shape index (κ3) is 2.64. The van der Waals surface area contributed by atoms with E-state index in [-0.39, 0.29) is 12.1 Å². The number of nitrogens with zero attached hydrogens (tertiary/aromatic N) is 3. The van der Waals surface area contributed by atoms with Crippen molar-refractivity contribution in [2.75, 3.05) is 19.0 Å². The van der Waals surface area contributed by atoms with Crippen molar-refractivity contribution in [2.24, 2.45) is 7.05 Å². The SMILES string of the molecule is COc1ncccc1NC(=O)N1CCCC1c1cccn1C. The lowest BCUT2D eigenvalue weighted by Crippen LogP contribution is -2.35. The first-order valence-electron chi connectivity index (χ1n) is 7.38. The molecule has 1 aliphatic heterocycles. The quantitative estimate of drug-likeness (QED) is 0.948. The zero-order chi connectivity index (χ0) is 15.5. The predicted molar refractivity (Wildman–Crippen MR) is 83.9 cm³/mol. The van der Waals surface area contributed by atoms with Crippen molar-refractivity contribution in [3.8, 4) is 5.88 Å². The molecule has 3 rings (SSSR count). The van der Waals surface area contributed by atoms with Crippen molar-refractivity contribution in [3.05, 3.63) is 42.4 Å². The van der Waals surface area contributed by atoms with Crippen LogP contribution in [0.1, 0.15) is 24.6 Å². The molecule has 1 atom stereocenters. The maximum Gasteiger partial charge on any atom is 0.322 e. The van der Waals surface area contributed by atoms with E-state index in [1.54, 1.807) is 25.4 Å². The van der Waals surface area contributed by atoms with Gasteiger partial charge in [-0.1, -0.05) is 0 Å². The Morgan fingerprint density at radius 3 is 3.00 bits per heavy atom. The van der Waals surface area contributed by atoms with Crippen LogP contribution in [0.25, 0.3) is 0 Å². The lowest BCUT2D eigenvalue weighted by Gasteiger charge is -2.25. The number of aryl methyl sites for hydroxylation is 1. The summed E-state index contributed by atoms with van der Waals surface area (Å²) in [6.45, 7) is 0.754. The maximum absolute atomic E-state index is 12.6. The van der Waals surface area contributed by atoms with Crippen LogP contribution in [-0.2, 0) is 7.05 Å². The number of carbonyl (C=O) groups excluding carboxylic acids is 1. The Bertz CT molecular complexity index is 668. The number of carbonyl (C=O) groups is 1. The molecular weight excluding hydrogens is 280 g/mol. The van der Waals surface area contributed by atoms with E-state index in [2.05, 4.69) is 20.9 Å². The second-order valence-electron chi connectivity index (χ2n) is 5.39. The number of amides is 2. The van der Waals surface area contributed by atoms with Crippen LogP contribution in [0, 0.1) is 0 Å². The van der Waals surface area contributed by atoms with Gasteiger partial charge in [-0.2, -0.15) is 0 Å². The minimum absolute atomic E-state index is 0.114. The summed E-state index contributed by atoms with van der Waals surface area (Å²) in [5, 5.41) is 2.91. The Kier molecular flexibility index (Phi) is 4.00. The van der Waals surface area contributed by atoms with Crippen molar-refractivity contribution < 1.29 is 9.53 Å². The van der Waals surface area contributed by atoms with Gasteiger partial charge in [0.2, 0.25) is 5.88 Å². The van der Waals surface area contributed by atoms with E-state index < -0.39 is 0 Å². The van der Waals surface area contributed by atoms with E-state index >= 15 is 0 Å². The van der Waals surface area contributed by atoms with E-state index in [9.17, 15) is 4.79 Å². The van der Waals surface area contributed by atoms with E-state index in [1.165, 1.54) is 0 Å². The second kappa shape index (κ2) is 6.09. The molecule has 2 amide bonds. The highest BCUT2D eigenvalue weighted by atomic mass is 16.5. The van der Waals surface area contributed by atoms with Gasteiger partial charge in [0, 0.05) is 31.7 Å². The van der Waals surface area contributed by atoms with E-state index in [1.807, 2.05) is 24.2 Å². The molecule has 2 aromatic heterocycles. The highest BCUT2D eigenvalue weighted by Crippen LogP contribution is 2.32. The number of ether oxygens (including phenoxy) is 1. The average Bonchev–Trinajstić information content (AvgIpc) is 3.16. The van der Waals surface area contributed by atoms with Gasteiger partial charge in [-0.3, -0.25) is 0 Å². The van der Waals surface area contributed by atoms with Crippen molar-refractivity contribution in [3.63, 3.8) is 0 Å². The number of urea groups is 1. The minimum Gasteiger partial charge on any atom is -0.480 e. The number of aromatic nitrogens is 2. The van der Waals surface area contributed by atoms with Gasteiger partial charge in [0.15, 0.2) is 0 Å². The molecule has 1 aliphatic rings. The van der Waals surface area contributed by atoms with Crippen LogP contribution in [0.3, 0.4) is 0 Å². The summed E-state index contributed by atoms with van der Waals surface area (Å²) in [5.74, 6) is 0.422. The minimum atomic E-state index is -0.116.